The Morgan fingerprint density at radius 2 is 2.32 bits per heavy atom. The van der Waals surface area contributed by atoms with Gasteiger partial charge in [-0.1, -0.05) is 13.0 Å². The van der Waals surface area contributed by atoms with Gasteiger partial charge in [-0.15, -0.1) is 0 Å². The number of aromatic nitrogens is 1. The van der Waals surface area contributed by atoms with Crippen molar-refractivity contribution in [2.75, 3.05) is 20.1 Å². The molecular formula is C13H21N3O2S. The van der Waals surface area contributed by atoms with Crippen LogP contribution in [0.15, 0.2) is 24.5 Å². The number of nitrogens with zero attached hydrogens (tertiary/aromatic N) is 3. The highest BCUT2D eigenvalue weighted by atomic mass is 32.2. The Morgan fingerprint density at radius 3 is 2.95 bits per heavy atom. The van der Waals surface area contributed by atoms with Crippen molar-refractivity contribution in [3.63, 3.8) is 0 Å². The summed E-state index contributed by atoms with van der Waals surface area (Å²) in [6, 6.07) is 3.70. The fraction of sp³-hybridized carbons (Fsp3) is 0.615. The Hall–Kier alpha value is -0.980. The molecule has 0 aliphatic carbocycles. The molecule has 5 nitrogen and oxygen atoms in total. The summed E-state index contributed by atoms with van der Waals surface area (Å²) in [6.07, 6.45) is 5.44. The smallest absolute Gasteiger partial charge is 0.264 e. The van der Waals surface area contributed by atoms with E-state index in [0.29, 0.717) is 25.6 Å². The molecule has 19 heavy (non-hydrogen) atoms. The second kappa shape index (κ2) is 5.98. The molecule has 0 spiro atoms. The van der Waals surface area contributed by atoms with E-state index in [1.54, 1.807) is 23.7 Å². The molecule has 2 heterocycles. The van der Waals surface area contributed by atoms with Crippen LogP contribution in [0, 0.1) is 5.92 Å². The van der Waals surface area contributed by atoms with Crippen molar-refractivity contribution in [2.24, 2.45) is 5.92 Å². The molecule has 1 aliphatic rings. The lowest BCUT2D eigenvalue weighted by Crippen LogP contribution is -2.45. The SMILES string of the molecule is C[C@@H]1CCCN(S(=O)(=O)N(C)Cc2cccnc2)C1. The standard InChI is InChI=1S/C13H21N3O2S/c1-12-5-4-8-16(10-12)19(17,18)15(2)11-13-6-3-7-14-9-13/h3,6-7,9,12H,4-5,8,10-11H2,1-2H3/t12-/m1/s1. The first-order valence-electron chi connectivity index (χ1n) is 6.60. The molecule has 0 N–H and O–H groups in total. The number of pyridine rings is 1. The number of hydrogen-bond acceptors (Lipinski definition) is 3. The summed E-state index contributed by atoms with van der Waals surface area (Å²) in [5.41, 5.74) is 0.902. The van der Waals surface area contributed by atoms with Crippen LogP contribution in [-0.2, 0) is 16.8 Å². The lowest BCUT2D eigenvalue weighted by Gasteiger charge is -2.33. The maximum atomic E-state index is 12.5. The third-order valence-corrected chi connectivity index (χ3v) is 5.37. The molecule has 0 unspecified atom stereocenters. The van der Waals surface area contributed by atoms with E-state index in [4.69, 9.17) is 0 Å². The Bertz CT molecular complexity index is 504. The molecule has 1 aliphatic heterocycles. The van der Waals surface area contributed by atoms with Gasteiger partial charge in [-0.3, -0.25) is 4.98 Å². The van der Waals surface area contributed by atoms with Crippen LogP contribution in [0.1, 0.15) is 25.3 Å². The quantitative estimate of drug-likeness (QED) is 0.841. The molecule has 106 valence electrons. The van der Waals surface area contributed by atoms with Crippen LogP contribution in [0.2, 0.25) is 0 Å². The van der Waals surface area contributed by atoms with Gasteiger partial charge in [0.15, 0.2) is 0 Å². The fourth-order valence-electron chi connectivity index (χ4n) is 2.38. The van der Waals surface area contributed by atoms with Crippen molar-refractivity contribution in [1.82, 2.24) is 13.6 Å². The maximum absolute atomic E-state index is 12.5. The van der Waals surface area contributed by atoms with Gasteiger partial charge in [0.1, 0.15) is 0 Å². The summed E-state index contributed by atoms with van der Waals surface area (Å²) in [4.78, 5) is 4.01. The maximum Gasteiger partial charge on any atom is 0.282 e. The molecule has 1 saturated heterocycles. The zero-order valence-corrected chi connectivity index (χ0v) is 12.3. The summed E-state index contributed by atoms with van der Waals surface area (Å²) in [5, 5.41) is 0. The van der Waals surface area contributed by atoms with E-state index in [2.05, 4.69) is 11.9 Å². The Morgan fingerprint density at radius 1 is 1.53 bits per heavy atom. The second-order valence-corrected chi connectivity index (χ2v) is 7.27. The normalized spacial score (nSPS) is 21.7. The van der Waals surface area contributed by atoms with Gasteiger partial charge in [-0.25, -0.2) is 0 Å². The van der Waals surface area contributed by atoms with Gasteiger partial charge >= 0.3 is 0 Å². The molecule has 1 aromatic rings. The molecular weight excluding hydrogens is 262 g/mol. The van der Waals surface area contributed by atoms with E-state index in [-0.39, 0.29) is 0 Å². The van der Waals surface area contributed by atoms with Crippen molar-refractivity contribution >= 4 is 10.2 Å². The van der Waals surface area contributed by atoms with Gasteiger partial charge in [0.25, 0.3) is 10.2 Å². The average Bonchev–Trinajstić information content (AvgIpc) is 2.40. The Balaban J connectivity index is 2.06. The van der Waals surface area contributed by atoms with E-state index in [1.807, 2.05) is 12.1 Å². The van der Waals surface area contributed by atoms with Crippen molar-refractivity contribution in [2.45, 2.75) is 26.3 Å². The minimum atomic E-state index is -3.35. The highest BCUT2D eigenvalue weighted by molar-refractivity contribution is 7.86. The Kier molecular flexibility index (Phi) is 4.54. The van der Waals surface area contributed by atoms with E-state index < -0.39 is 10.2 Å². The summed E-state index contributed by atoms with van der Waals surface area (Å²) < 4.78 is 27.9. The molecule has 1 aromatic heterocycles. The molecule has 6 heteroatoms. The summed E-state index contributed by atoms with van der Waals surface area (Å²) in [6.45, 7) is 3.72. The van der Waals surface area contributed by atoms with Crippen molar-refractivity contribution in [1.29, 1.82) is 0 Å². The van der Waals surface area contributed by atoms with Crippen LogP contribution in [-0.4, -0.2) is 42.1 Å². The molecule has 0 saturated carbocycles. The van der Waals surface area contributed by atoms with E-state index in [9.17, 15) is 8.42 Å². The van der Waals surface area contributed by atoms with Crippen LogP contribution in [0.3, 0.4) is 0 Å². The van der Waals surface area contributed by atoms with Gasteiger partial charge in [0.2, 0.25) is 0 Å². The van der Waals surface area contributed by atoms with Gasteiger partial charge in [0.05, 0.1) is 0 Å². The van der Waals surface area contributed by atoms with Gasteiger partial charge in [-0.05, 0) is 30.4 Å². The van der Waals surface area contributed by atoms with Crippen molar-refractivity contribution in [3.05, 3.63) is 30.1 Å². The molecule has 0 radical (unpaired) electrons. The predicted octanol–water partition coefficient (Wildman–Crippen LogP) is 1.49. The third-order valence-electron chi connectivity index (χ3n) is 3.47. The van der Waals surface area contributed by atoms with E-state index in [1.165, 1.54) is 4.31 Å². The van der Waals surface area contributed by atoms with Gasteiger partial charge in [-0.2, -0.15) is 17.0 Å². The lowest BCUT2D eigenvalue weighted by molar-refractivity contribution is 0.263. The van der Waals surface area contributed by atoms with E-state index >= 15 is 0 Å². The molecule has 2 rings (SSSR count). The van der Waals surface area contributed by atoms with Crippen LogP contribution >= 0.6 is 0 Å². The highest BCUT2D eigenvalue weighted by Gasteiger charge is 2.30. The molecule has 1 atom stereocenters. The summed E-state index contributed by atoms with van der Waals surface area (Å²) >= 11 is 0. The summed E-state index contributed by atoms with van der Waals surface area (Å²) in [7, 11) is -1.73. The summed E-state index contributed by atoms with van der Waals surface area (Å²) in [5.74, 6) is 0.440. The number of piperidine rings is 1. The predicted molar refractivity (Wildman–Crippen MR) is 74.6 cm³/mol. The zero-order valence-electron chi connectivity index (χ0n) is 11.5. The van der Waals surface area contributed by atoms with Gasteiger partial charge < -0.3 is 0 Å². The zero-order chi connectivity index (χ0) is 13.9. The topological polar surface area (TPSA) is 53.5 Å². The number of rotatable bonds is 4. The fourth-order valence-corrected chi connectivity index (χ4v) is 3.89. The minimum Gasteiger partial charge on any atom is -0.264 e. The minimum absolute atomic E-state index is 0.362. The molecule has 0 aromatic carbocycles. The lowest BCUT2D eigenvalue weighted by atomic mass is 10.0. The van der Waals surface area contributed by atoms with Crippen molar-refractivity contribution < 1.29 is 8.42 Å². The van der Waals surface area contributed by atoms with Gasteiger partial charge in [0, 0.05) is 39.1 Å². The molecule has 0 amide bonds. The first-order chi connectivity index (χ1) is 9.00. The molecule has 0 bridgehead atoms. The first-order valence-corrected chi connectivity index (χ1v) is 8.00. The van der Waals surface area contributed by atoms with Crippen LogP contribution in [0.5, 0.6) is 0 Å². The molecule has 1 fully saturated rings. The highest BCUT2D eigenvalue weighted by Crippen LogP contribution is 2.20. The Labute approximate surface area is 115 Å². The number of hydrogen-bond donors (Lipinski definition) is 0. The van der Waals surface area contributed by atoms with Crippen molar-refractivity contribution in [3.8, 4) is 0 Å². The van der Waals surface area contributed by atoms with Crippen LogP contribution < -0.4 is 0 Å². The second-order valence-electron chi connectivity index (χ2n) is 5.23. The van der Waals surface area contributed by atoms with E-state index in [0.717, 1.165) is 18.4 Å². The largest absolute Gasteiger partial charge is 0.282 e. The van der Waals surface area contributed by atoms with Crippen LogP contribution in [0.4, 0.5) is 0 Å². The average molecular weight is 283 g/mol. The third kappa shape index (κ3) is 3.52. The van der Waals surface area contributed by atoms with Crippen LogP contribution in [0.25, 0.3) is 0 Å². The monoisotopic (exact) mass is 283 g/mol. The first kappa shape index (κ1) is 14.4.